The molecule has 0 saturated carbocycles. The Morgan fingerprint density at radius 2 is 1.94 bits per heavy atom. The molecule has 1 aromatic rings. The second-order valence-corrected chi connectivity index (χ2v) is 4.07. The minimum Gasteiger partial charge on any atom is -0.348 e. The molecule has 0 aliphatic carbocycles. The van der Waals surface area contributed by atoms with Crippen molar-refractivity contribution in [2.24, 2.45) is 0 Å². The van der Waals surface area contributed by atoms with Crippen LogP contribution < -0.4 is 4.90 Å². The molecule has 1 heterocycles. The summed E-state index contributed by atoms with van der Waals surface area (Å²) in [6.45, 7) is 12.5. The molecule has 0 fully saturated rings. The van der Waals surface area contributed by atoms with Crippen molar-refractivity contribution >= 4 is 5.69 Å². The molecule has 0 saturated heterocycles. The van der Waals surface area contributed by atoms with Crippen molar-refractivity contribution in [2.45, 2.75) is 40.5 Å². The van der Waals surface area contributed by atoms with Gasteiger partial charge in [0.25, 0.3) is 0 Å². The molecule has 0 unspecified atom stereocenters. The molecule has 1 heteroatoms. The van der Waals surface area contributed by atoms with E-state index in [1.54, 1.807) is 0 Å². The number of aryl methyl sites for hydroxylation is 2. The van der Waals surface area contributed by atoms with Crippen molar-refractivity contribution < 1.29 is 0 Å². The smallest absolute Gasteiger partial charge is 0.0447 e. The third-order valence-corrected chi connectivity index (χ3v) is 3.13. The van der Waals surface area contributed by atoms with Crippen LogP contribution in [0.4, 0.5) is 5.69 Å². The van der Waals surface area contributed by atoms with Crippen molar-refractivity contribution in [1.29, 1.82) is 0 Å². The first kappa shape index (κ1) is 12.8. The van der Waals surface area contributed by atoms with E-state index in [4.69, 9.17) is 0 Å². The summed E-state index contributed by atoms with van der Waals surface area (Å²) < 4.78 is 0. The highest BCUT2D eigenvalue weighted by atomic mass is 15.1. The summed E-state index contributed by atoms with van der Waals surface area (Å²) in [6.07, 6.45) is 2.12. The Labute approximate surface area is 99.8 Å². The zero-order valence-electron chi connectivity index (χ0n) is 11.2. The van der Waals surface area contributed by atoms with E-state index in [1.807, 2.05) is 13.8 Å². The molecule has 1 aliphatic rings. The molecule has 1 aliphatic heterocycles. The van der Waals surface area contributed by atoms with Gasteiger partial charge in [-0.25, -0.2) is 0 Å². The van der Waals surface area contributed by atoms with E-state index in [1.165, 1.54) is 28.1 Å². The predicted octanol–water partition coefficient (Wildman–Crippen LogP) is 4.09. The minimum absolute atomic E-state index is 1.02. The van der Waals surface area contributed by atoms with Crippen LogP contribution in [0.2, 0.25) is 0 Å². The first-order valence-corrected chi connectivity index (χ1v) is 6.17. The lowest BCUT2D eigenvalue weighted by molar-refractivity contribution is 1.10. The van der Waals surface area contributed by atoms with Crippen LogP contribution in [0.25, 0.3) is 0 Å². The van der Waals surface area contributed by atoms with Crippen LogP contribution >= 0.6 is 0 Å². The largest absolute Gasteiger partial charge is 0.348 e. The summed E-state index contributed by atoms with van der Waals surface area (Å²) in [5, 5.41) is 0. The standard InChI is InChI=1S/C13H17N.C2H6/c1-5-11-6-9(2)12-7-10(3)14(4)13(12)8-11;1-2/h6,8H,3,5,7H2,1-2,4H3;1-2H3. The number of rotatable bonds is 1. The number of hydrogen-bond donors (Lipinski definition) is 0. The Morgan fingerprint density at radius 3 is 2.50 bits per heavy atom. The van der Waals surface area contributed by atoms with Gasteiger partial charge >= 0.3 is 0 Å². The van der Waals surface area contributed by atoms with Crippen LogP contribution in [0, 0.1) is 6.92 Å². The van der Waals surface area contributed by atoms with E-state index in [2.05, 4.69) is 44.5 Å². The van der Waals surface area contributed by atoms with Crippen molar-refractivity contribution in [3.05, 3.63) is 41.1 Å². The van der Waals surface area contributed by atoms with Gasteiger partial charge in [-0.2, -0.15) is 0 Å². The van der Waals surface area contributed by atoms with E-state index < -0.39 is 0 Å². The SMILES string of the molecule is C=C1Cc2c(C)cc(CC)cc2N1C.CC. The van der Waals surface area contributed by atoms with Gasteiger partial charge in [0.2, 0.25) is 0 Å². The fourth-order valence-electron chi connectivity index (χ4n) is 2.10. The predicted molar refractivity (Wildman–Crippen MR) is 73.2 cm³/mol. The van der Waals surface area contributed by atoms with Gasteiger partial charge in [0.15, 0.2) is 0 Å². The number of benzene rings is 1. The maximum atomic E-state index is 4.07. The maximum Gasteiger partial charge on any atom is 0.0447 e. The van der Waals surface area contributed by atoms with Gasteiger partial charge in [-0.1, -0.05) is 33.4 Å². The summed E-state index contributed by atoms with van der Waals surface area (Å²) in [6, 6.07) is 4.59. The van der Waals surface area contributed by atoms with Crippen molar-refractivity contribution in [2.75, 3.05) is 11.9 Å². The second kappa shape index (κ2) is 5.20. The van der Waals surface area contributed by atoms with Crippen LogP contribution in [0.3, 0.4) is 0 Å². The number of nitrogens with zero attached hydrogens (tertiary/aromatic N) is 1. The minimum atomic E-state index is 1.02. The van der Waals surface area contributed by atoms with Gasteiger partial charge in [0.1, 0.15) is 0 Å². The molecule has 1 aromatic carbocycles. The average Bonchev–Trinajstić information content (AvgIpc) is 2.59. The molecular formula is C15H23N. The summed E-state index contributed by atoms with van der Waals surface area (Å²) in [5.74, 6) is 0. The summed E-state index contributed by atoms with van der Waals surface area (Å²) >= 11 is 0. The number of hydrogen-bond acceptors (Lipinski definition) is 1. The van der Waals surface area contributed by atoms with E-state index in [-0.39, 0.29) is 0 Å². The van der Waals surface area contributed by atoms with Gasteiger partial charge in [-0.15, -0.1) is 0 Å². The number of fused-ring (bicyclic) bond motifs is 1. The van der Waals surface area contributed by atoms with Crippen LogP contribution in [0.15, 0.2) is 24.4 Å². The lowest BCUT2D eigenvalue weighted by Crippen LogP contribution is -2.09. The summed E-state index contributed by atoms with van der Waals surface area (Å²) in [4.78, 5) is 2.21. The van der Waals surface area contributed by atoms with E-state index in [9.17, 15) is 0 Å². The van der Waals surface area contributed by atoms with E-state index in [0.29, 0.717) is 0 Å². The molecule has 0 atom stereocenters. The Balaban J connectivity index is 0.000000606. The molecule has 0 amide bonds. The molecule has 2 rings (SSSR count). The average molecular weight is 217 g/mol. The highest BCUT2D eigenvalue weighted by Crippen LogP contribution is 2.35. The third kappa shape index (κ3) is 2.13. The highest BCUT2D eigenvalue weighted by Gasteiger charge is 2.21. The maximum absolute atomic E-state index is 4.07. The monoisotopic (exact) mass is 217 g/mol. The second-order valence-electron chi connectivity index (χ2n) is 4.07. The van der Waals surface area contributed by atoms with Crippen LogP contribution in [-0.4, -0.2) is 7.05 Å². The summed E-state index contributed by atoms with van der Waals surface area (Å²) in [5.41, 5.74) is 6.84. The van der Waals surface area contributed by atoms with Gasteiger partial charge in [0, 0.05) is 24.9 Å². The number of allylic oxidation sites excluding steroid dienone is 1. The molecule has 1 nitrogen and oxygen atoms in total. The molecule has 0 radical (unpaired) electrons. The van der Waals surface area contributed by atoms with E-state index >= 15 is 0 Å². The fraction of sp³-hybridized carbons (Fsp3) is 0.467. The fourth-order valence-corrected chi connectivity index (χ4v) is 2.10. The van der Waals surface area contributed by atoms with Crippen molar-refractivity contribution in [3.63, 3.8) is 0 Å². The zero-order chi connectivity index (χ0) is 12.3. The molecule has 0 spiro atoms. The Kier molecular flexibility index (Phi) is 4.17. The zero-order valence-corrected chi connectivity index (χ0v) is 11.2. The van der Waals surface area contributed by atoms with Crippen LogP contribution in [0.5, 0.6) is 0 Å². The molecule has 0 aromatic heterocycles. The normalized spacial score (nSPS) is 13.3. The quantitative estimate of drug-likeness (QED) is 0.685. The lowest BCUT2D eigenvalue weighted by atomic mass is 10.0. The van der Waals surface area contributed by atoms with Gasteiger partial charge < -0.3 is 4.90 Å². The Hall–Kier alpha value is -1.24. The van der Waals surface area contributed by atoms with Gasteiger partial charge in [-0.3, -0.25) is 0 Å². The molecule has 0 N–H and O–H groups in total. The topological polar surface area (TPSA) is 3.24 Å². The van der Waals surface area contributed by atoms with Crippen molar-refractivity contribution in [1.82, 2.24) is 0 Å². The van der Waals surface area contributed by atoms with Crippen molar-refractivity contribution in [3.8, 4) is 0 Å². The Morgan fingerprint density at radius 1 is 1.31 bits per heavy atom. The molecule has 16 heavy (non-hydrogen) atoms. The first-order chi connectivity index (χ1) is 7.63. The number of anilines is 1. The van der Waals surface area contributed by atoms with E-state index in [0.717, 1.165) is 12.8 Å². The third-order valence-electron chi connectivity index (χ3n) is 3.13. The summed E-state index contributed by atoms with van der Waals surface area (Å²) in [7, 11) is 2.10. The molecular weight excluding hydrogens is 194 g/mol. The molecule has 0 bridgehead atoms. The molecule has 88 valence electrons. The van der Waals surface area contributed by atoms with Gasteiger partial charge in [-0.05, 0) is 36.1 Å². The van der Waals surface area contributed by atoms with Gasteiger partial charge in [0.05, 0.1) is 0 Å². The number of likely N-dealkylation sites (N-methyl/N-ethyl adjacent to an activating group) is 1. The van der Waals surface area contributed by atoms with Crippen LogP contribution in [0.1, 0.15) is 37.5 Å². The lowest BCUT2D eigenvalue weighted by Gasteiger charge is -2.15. The first-order valence-electron chi connectivity index (χ1n) is 6.17. The Bertz CT molecular complexity index is 391. The van der Waals surface area contributed by atoms with Crippen LogP contribution in [-0.2, 0) is 12.8 Å². The highest BCUT2D eigenvalue weighted by molar-refractivity contribution is 5.67.